The van der Waals surface area contributed by atoms with E-state index < -0.39 is 10.0 Å². The molecule has 1 aromatic heterocycles. The normalized spacial score (nSPS) is 11.3. The quantitative estimate of drug-likeness (QED) is 0.401. The first-order chi connectivity index (χ1) is 16.8. The average molecular weight is 489 g/mol. The van der Waals surface area contributed by atoms with E-state index in [-0.39, 0.29) is 23.9 Å². The molecule has 0 aliphatic heterocycles. The van der Waals surface area contributed by atoms with E-state index in [1.165, 1.54) is 16.4 Å². The molecule has 4 aromatic rings. The highest BCUT2D eigenvalue weighted by Gasteiger charge is 2.28. The fourth-order valence-electron chi connectivity index (χ4n) is 3.82. The fraction of sp³-hybridized carbons (Fsp3) is 0.185. The van der Waals surface area contributed by atoms with Crippen molar-refractivity contribution < 1.29 is 13.2 Å². The van der Waals surface area contributed by atoms with Crippen LogP contribution in [0.1, 0.15) is 22.5 Å². The second kappa shape index (κ2) is 10.1. The summed E-state index contributed by atoms with van der Waals surface area (Å²) in [5, 5.41) is 2.86. The molecule has 7 nitrogen and oxygen atoms in total. The number of carbonyl (C=O) groups is 1. The molecule has 0 bridgehead atoms. The number of aryl methyl sites for hydroxylation is 3. The van der Waals surface area contributed by atoms with Gasteiger partial charge in [0, 0.05) is 24.6 Å². The van der Waals surface area contributed by atoms with E-state index in [1.54, 1.807) is 30.5 Å². The summed E-state index contributed by atoms with van der Waals surface area (Å²) in [4.78, 5) is 17.3. The molecule has 35 heavy (non-hydrogen) atoms. The zero-order valence-corrected chi connectivity index (χ0v) is 20.8. The summed E-state index contributed by atoms with van der Waals surface area (Å²) >= 11 is 0. The van der Waals surface area contributed by atoms with Gasteiger partial charge >= 0.3 is 0 Å². The molecular weight excluding hydrogens is 460 g/mol. The Balaban J connectivity index is 1.53. The number of imidazole rings is 1. The molecule has 0 saturated heterocycles. The minimum atomic E-state index is -3.94. The van der Waals surface area contributed by atoms with Crippen molar-refractivity contribution in [1.82, 2.24) is 14.9 Å². The van der Waals surface area contributed by atoms with Crippen molar-refractivity contribution in [3.8, 4) is 5.69 Å². The molecule has 3 aromatic carbocycles. The summed E-state index contributed by atoms with van der Waals surface area (Å²) in [6.45, 7) is 5.62. The van der Waals surface area contributed by atoms with Crippen LogP contribution >= 0.6 is 0 Å². The maximum Gasteiger partial charge on any atom is 0.264 e. The molecule has 0 atom stereocenters. The maximum atomic E-state index is 13.5. The number of hydrogen-bond acceptors (Lipinski definition) is 4. The number of anilines is 1. The first-order valence-electron chi connectivity index (χ1n) is 11.3. The highest BCUT2D eigenvalue weighted by atomic mass is 32.2. The minimum absolute atomic E-state index is 0.138. The van der Waals surface area contributed by atoms with E-state index in [9.17, 15) is 13.2 Å². The predicted octanol–water partition coefficient (Wildman–Crippen LogP) is 4.31. The highest BCUT2D eigenvalue weighted by molar-refractivity contribution is 7.92. The average Bonchev–Trinajstić information content (AvgIpc) is 3.29. The molecule has 0 fully saturated rings. The maximum absolute atomic E-state index is 13.5. The lowest BCUT2D eigenvalue weighted by atomic mass is 10.1. The van der Waals surface area contributed by atoms with Crippen LogP contribution in [0.5, 0.6) is 0 Å². The molecule has 0 unspecified atom stereocenters. The molecule has 8 heteroatoms. The van der Waals surface area contributed by atoms with E-state index in [4.69, 9.17) is 0 Å². The minimum Gasteiger partial charge on any atom is -0.350 e. The van der Waals surface area contributed by atoms with Gasteiger partial charge in [-0.25, -0.2) is 13.4 Å². The molecule has 4 rings (SSSR count). The zero-order valence-electron chi connectivity index (χ0n) is 20.0. The van der Waals surface area contributed by atoms with Crippen molar-refractivity contribution in [3.05, 3.63) is 108 Å². The number of sulfonamides is 1. The molecule has 1 heterocycles. The lowest BCUT2D eigenvalue weighted by Crippen LogP contribution is -2.41. The second-order valence-electron chi connectivity index (χ2n) is 8.40. The fourth-order valence-corrected chi connectivity index (χ4v) is 5.32. The van der Waals surface area contributed by atoms with E-state index in [2.05, 4.69) is 10.3 Å². The number of amides is 1. The van der Waals surface area contributed by atoms with Gasteiger partial charge in [-0.1, -0.05) is 42.5 Å². The third kappa shape index (κ3) is 5.44. The molecule has 0 spiro atoms. The molecule has 0 saturated carbocycles. The summed E-state index contributed by atoms with van der Waals surface area (Å²) in [5.74, 6) is 0.497. The van der Waals surface area contributed by atoms with E-state index in [0.29, 0.717) is 5.69 Å². The molecule has 1 N–H and O–H groups in total. The van der Waals surface area contributed by atoms with Crippen LogP contribution in [0.15, 0.2) is 90.1 Å². The van der Waals surface area contributed by atoms with Crippen molar-refractivity contribution in [3.63, 3.8) is 0 Å². The number of nitrogens with zero attached hydrogens (tertiary/aromatic N) is 3. The van der Waals surface area contributed by atoms with Gasteiger partial charge in [0.05, 0.1) is 10.6 Å². The molecule has 0 aliphatic rings. The third-order valence-electron chi connectivity index (χ3n) is 5.78. The van der Waals surface area contributed by atoms with Crippen LogP contribution in [-0.2, 0) is 21.4 Å². The van der Waals surface area contributed by atoms with Gasteiger partial charge in [0.2, 0.25) is 5.91 Å². The van der Waals surface area contributed by atoms with Gasteiger partial charge in [0.1, 0.15) is 12.4 Å². The number of aromatic nitrogens is 2. The largest absolute Gasteiger partial charge is 0.350 e. The van der Waals surface area contributed by atoms with Crippen LogP contribution < -0.4 is 9.62 Å². The Labute approximate surface area is 206 Å². The first-order valence-corrected chi connectivity index (χ1v) is 12.7. The predicted molar refractivity (Wildman–Crippen MR) is 137 cm³/mol. The Kier molecular flexibility index (Phi) is 7.02. The summed E-state index contributed by atoms with van der Waals surface area (Å²) in [6, 6.07) is 21.5. The summed E-state index contributed by atoms with van der Waals surface area (Å²) in [7, 11) is -3.94. The molecule has 180 valence electrons. The summed E-state index contributed by atoms with van der Waals surface area (Å²) in [6.07, 6.45) is 3.63. The van der Waals surface area contributed by atoms with E-state index in [1.807, 2.05) is 67.9 Å². The number of benzene rings is 3. The topological polar surface area (TPSA) is 84.3 Å². The Morgan fingerprint density at radius 2 is 1.69 bits per heavy atom. The van der Waals surface area contributed by atoms with Gasteiger partial charge < -0.3 is 9.88 Å². The lowest BCUT2D eigenvalue weighted by molar-refractivity contribution is -0.119. The lowest BCUT2D eigenvalue weighted by Gasteiger charge is -2.26. The van der Waals surface area contributed by atoms with E-state index >= 15 is 0 Å². The van der Waals surface area contributed by atoms with Crippen LogP contribution in [-0.4, -0.2) is 30.4 Å². The van der Waals surface area contributed by atoms with Crippen LogP contribution in [0.3, 0.4) is 0 Å². The van der Waals surface area contributed by atoms with Crippen molar-refractivity contribution >= 4 is 21.6 Å². The number of nitrogens with one attached hydrogen (secondary N) is 1. The summed E-state index contributed by atoms with van der Waals surface area (Å²) in [5.41, 5.74) is 4.05. The molecule has 1 amide bonds. The van der Waals surface area contributed by atoms with Crippen LogP contribution in [0.2, 0.25) is 0 Å². The van der Waals surface area contributed by atoms with Crippen molar-refractivity contribution in [2.45, 2.75) is 32.2 Å². The molecule has 0 radical (unpaired) electrons. The van der Waals surface area contributed by atoms with Gasteiger partial charge in [-0.05, 0) is 67.8 Å². The van der Waals surface area contributed by atoms with Crippen molar-refractivity contribution in [1.29, 1.82) is 0 Å². The highest BCUT2D eigenvalue weighted by Crippen LogP contribution is 2.27. The summed E-state index contributed by atoms with van der Waals surface area (Å²) < 4.78 is 30.2. The smallest absolute Gasteiger partial charge is 0.264 e. The van der Waals surface area contributed by atoms with Crippen LogP contribution in [0.25, 0.3) is 5.69 Å². The molecular formula is C27H28N4O3S. The number of hydrogen-bond donors (Lipinski definition) is 1. The van der Waals surface area contributed by atoms with Crippen LogP contribution in [0, 0.1) is 20.8 Å². The number of rotatable bonds is 8. The van der Waals surface area contributed by atoms with Gasteiger partial charge in [0.15, 0.2) is 0 Å². The van der Waals surface area contributed by atoms with Crippen molar-refractivity contribution in [2.75, 3.05) is 10.8 Å². The SMILES string of the molecule is Cc1ccc(C)c(N(CC(=O)NCc2ccc(-n3ccnc3C)cc2)S(=O)(=O)c2ccccc2)c1. The van der Waals surface area contributed by atoms with Gasteiger partial charge in [-0.15, -0.1) is 0 Å². The van der Waals surface area contributed by atoms with Crippen LogP contribution in [0.4, 0.5) is 5.69 Å². The van der Waals surface area contributed by atoms with Gasteiger partial charge in [0.25, 0.3) is 10.0 Å². The van der Waals surface area contributed by atoms with Crippen molar-refractivity contribution in [2.24, 2.45) is 0 Å². The molecule has 0 aliphatic carbocycles. The third-order valence-corrected chi connectivity index (χ3v) is 7.56. The Hall–Kier alpha value is -3.91. The standard InChI is InChI=1S/C27H28N4O3S/c1-20-9-10-21(2)26(17-20)31(35(33,34)25-7-5-4-6-8-25)19-27(32)29-18-23-11-13-24(14-12-23)30-16-15-28-22(30)3/h4-17H,18-19H2,1-3H3,(H,29,32). The number of carbonyl (C=O) groups excluding carboxylic acids is 1. The van der Waals surface area contributed by atoms with Gasteiger partial charge in [-0.2, -0.15) is 0 Å². The van der Waals surface area contributed by atoms with Gasteiger partial charge in [-0.3, -0.25) is 9.10 Å². The Bertz CT molecular complexity index is 1430. The Morgan fingerprint density at radius 3 is 2.34 bits per heavy atom. The first kappa shape index (κ1) is 24.2. The monoisotopic (exact) mass is 488 g/mol. The second-order valence-corrected chi connectivity index (χ2v) is 10.3. The van der Waals surface area contributed by atoms with E-state index in [0.717, 1.165) is 28.2 Å². The zero-order chi connectivity index (χ0) is 25.0. The Morgan fingerprint density at radius 1 is 0.971 bits per heavy atom.